The van der Waals surface area contributed by atoms with E-state index in [4.69, 9.17) is 0 Å². The van der Waals surface area contributed by atoms with Crippen molar-refractivity contribution in [2.75, 3.05) is 17.2 Å². The first-order valence-electron chi connectivity index (χ1n) is 3.30. The van der Waals surface area contributed by atoms with Crippen molar-refractivity contribution in [3.8, 4) is 0 Å². The first kappa shape index (κ1) is 6.10. The van der Waals surface area contributed by atoms with Gasteiger partial charge >= 0.3 is 0 Å². The van der Waals surface area contributed by atoms with Crippen molar-refractivity contribution in [2.24, 2.45) is 0 Å². The Bertz CT molecular complexity index is 268. The Kier molecular flexibility index (Phi) is 1.04. The lowest BCUT2D eigenvalue weighted by Crippen LogP contribution is -2.18. The minimum Gasteiger partial charge on any atom is -0.343 e. The zero-order chi connectivity index (χ0) is 7.19. The maximum absolute atomic E-state index is 3.45. The maximum Gasteiger partial charge on any atom is 0.0567 e. The molecule has 0 radical (unpaired) electrons. The van der Waals surface area contributed by atoms with Crippen LogP contribution in [-0.4, -0.2) is 12.5 Å². The van der Waals surface area contributed by atoms with Gasteiger partial charge in [-0.25, -0.2) is 0 Å². The molecule has 0 aromatic heterocycles. The molecule has 1 aliphatic rings. The predicted octanol–water partition coefficient (Wildman–Crippen LogP) is 2.45. The van der Waals surface area contributed by atoms with Gasteiger partial charge in [0.25, 0.3) is 0 Å². The molecule has 0 atom stereocenters. The SMILES string of the molecule is CS1(C)Nc2ccccc21. The second-order valence-electron chi connectivity index (χ2n) is 2.93. The first-order valence-corrected chi connectivity index (χ1v) is 5.75. The van der Waals surface area contributed by atoms with Gasteiger partial charge in [0.1, 0.15) is 0 Å². The third-order valence-electron chi connectivity index (χ3n) is 1.80. The Balaban J connectivity index is 2.53. The van der Waals surface area contributed by atoms with Crippen molar-refractivity contribution in [2.45, 2.75) is 4.90 Å². The zero-order valence-electron chi connectivity index (χ0n) is 6.22. The number of benzene rings is 1. The summed E-state index contributed by atoms with van der Waals surface area (Å²) in [6.45, 7) is 0. The molecule has 0 amide bonds. The molecular weight excluding hydrogens is 142 g/mol. The monoisotopic (exact) mass is 153 g/mol. The average molecular weight is 153 g/mol. The Hall–Kier alpha value is -0.630. The van der Waals surface area contributed by atoms with Crippen LogP contribution in [0.25, 0.3) is 0 Å². The molecule has 1 heterocycles. The molecule has 0 saturated heterocycles. The Labute approximate surface area is 62.9 Å². The average Bonchev–Trinajstić information content (AvgIpc) is 1.86. The minimum absolute atomic E-state index is 0.591. The second-order valence-corrected chi connectivity index (χ2v) is 6.22. The summed E-state index contributed by atoms with van der Waals surface area (Å²) < 4.78 is 3.45. The van der Waals surface area contributed by atoms with Gasteiger partial charge < -0.3 is 4.72 Å². The summed E-state index contributed by atoms with van der Waals surface area (Å²) in [5.74, 6) is 0. The van der Waals surface area contributed by atoms with E-state index in [2.05, 4.69) is 41.5 Å². The molecule has 0 saturated carbocycles. The van der Waals surface area contributed by atoms with Crippen LogP contribution in [-0.2, 0) is 0 Å². The van der Waals surface area contributed by atoms with E-state index < -0.39 is 10.2 Å². The molecule has 1 nitrogen and oxygen atoms in total. The molecule has 54 valence electrons. The number of anilines is 1. The van der Waals surface area contributed by atoms with Gasteiger partial charge in [-0.2, -0.15) is 0 Å². The van der Waals surface area contributed by atoms with Crippen LogP contribution < -0.4 is 4.72 Å². The molecule has 0 bridgehead atoms. The highest BCUT2D eigenvalue weighted by Crippen LogP contribution is 2.60. The number of para-hydroxylation sites is 1. The largest absolute Gasteiger partial charge is 0.343 e. The van der Waals surface area contributed by atoms with Crippen LogP contribution in [0.15, 0.2) is 29.2 Å². The van der Waals surface area contributed by atoms with Crippen LogP contribution in [0.5, 0.6) is 0 Å². The Morgan fingerprint density at radius 1 is 1.20 bits per heavy atom. The summed E-state index contributed by atoms with van der Waals surface area (Å²) >= 11 is 0. The molecule has 2 heteroatoms. The van der Waals surface area contributed by atoms with E-state index in [9.17, 15) is 0 Å². The van der Waals surface area contributed by atoms with Crippen LogP contribution in [0.4, 0.5) is 5.69 Å². The van der Waals surface area contributed by atoms with Gasteiger partial charge in [0.05, 0.1) is 5.69 Å². The van der Waals surface area contributed by atoms with Crippen LogP contribution in [0, 0.1) is 0 Å². The highest BCUT2D eigenvalue weighted by Gasteiger charge is 2.26. The second kappa shape index (κ2) is 1.70. The van der Waals surface area contributed by atoms with Crippen LogP contribution in [0.1, 0.15) is 0 Å². The molecule has 0 spiro atoms. The van der Waals surface area contributed by atoms with Crippen molar-refractivity contribution in [1.29, 1.82) is 0 Å². The third kappa shape index (κ3) is 0.655. The standard InChI is InChI=1S/C8H11NS/c1-10(2)8-6-4-3-5-7(8)9-10/h3-6,9H,1-2H3. The molecule has 0 unspecified atom stereocenters. The van der Waals surface area contributed by atoms with Gasteiger partial charge in [-0.3, -0.25) is 0 Å². The lowest BCUT2D eigenvalue weighted by atomic mass is 10.3. The molecule has 1 N–H and O–H groups in total. The van der Waals surface area contributed by atoms with Crippen molar-refractivity contribution in [3.05, 3.63) is 24.3 Å². The van der Waals surface area contributed by atoms with Gasteiger partial charge in [0, 0.05) is 4.90 Å². The van der Waals surface area contributed by atoms with Gasteiger partial charge in [0.2, 0.25) is 0 Å². The summed E-state index contributed by atoms with van der Waals surface area (Å²) in [5, 5.41) is 0. The van der Waals surface area contributed by atoms with Crippen molar-refractivity contribution in [1.82, 2.24) is 0 Å². The molecule has 10 heavy (non-hydrogen) atoms. The molecule has 1 aromatic rings. The number of hydrogen-bond donors (Lipinski definition) is 1. The van der Waals surface area contributed by atoms with Gasteiger partial charge in [-0.1, -0.05) is 12.1 Å². The quantitative estimate of drug-likeness (QED) is 0.603. The van der Waals surface area contributed by atoms with Crippen LogP contribution >= 0.6 is 10.2 Å². The van der Waals surface area contributed by atoms with Crippen molar-refractivity contribution < 1.29 is 0 Å². The van der Waals surface area contributed by atoms with E-state index in [1.54, 1.807) is 0 Å². The molecule has 1 aromatic carbocycles. The maximum atomic E-state index is 3.45. The molecule has 2 rings (SSSR count). The first-order chi connectivity index (χ1) is 4.70. The zero-order valence-corrected chi connectivity index (χ0v) is 7.03. The number of nitrogens with one attached hydrogen (secondary N) is 1. The van der Waals surface area contributed by atoms with Crippen LogP contribution in [0.2, 0.25) is 0 Å². The Morgan fingerprint density at radius 2 is 1.90 bits per heavy atom. The van der Waals surface area contributed by atoms with E-state index >= 15 is 0 Å². The number of fused-ring (bicyclic) bond motifs is 1. The summed E-state index contributed by atoms with van der Waals surface area (Å²) in [4.78, 5) is 1.51. The summed E-state index contributed by atoms with van der Waals surface area (Å²) in [5.41, 5.74) is 1.32. The fourth-order valence-electron chi connectivity index (χ4n) is 1.28. The van der Waals surface area contributed by atoms with E-state index in [1.165, 1.54) is 10.6 Å². The minimum atomic E-state index is -0.591. The van der Waals surface area contributed by atoms with E-state index in [-0.39, 0.29) is 0 Å². The topological polar surface area (TPSA) is 12.0 Å². The molecule has 0 fully saturated rings. The van der Waals surface area contributed by atoms with Crippen LogP contribution in [0.3, 0.4) is 0 Å². The predicted molar refractivity (Wildman–Crippen MR) is 47.8 cm³/mol. The van der Waals surface area contributed by atoms with Crippen molar-refractivity contribution >= 4 is 15.9 Å². The number of rotatable bonds is 0. The molecular formula is C8H11NS. The van der Waals surface area contributed by atoms with E-state index in [1.807, 2.05) is 0 Å². The smallest absolute Gasteiger partial charge is 0.0567 e. The fraction of sp³-hybridized carbons (Fsp3) is 0.250. The highest BCUT2D eigenvalue weighted by atomic mass is 32.3. The van der Waals surface area contributed by atoms with Gasteiger partial charge in [0.15, 0.2) is 0 Å². The third-order valence-corrected chi connectivity index (χ3v) is 3.99. The van der Waals surface area contributed by atoms with Gasteiger partial charge in [-0.15, -0.1) is 10.2 Å². The Morgan fingerprint density at radius 3 is 2.40 bits per heavy atom. The van der Waals surface area contributed by atoms with E-state index in [0.717, 1.165) is 0 Å². The summed E-state index contributed by atoms with van der Waals surface area (Å²) in [6, 6.07) is 8.52. The summed E-state index contributed by atoms with van der Waals surface area (Å²) in [7, 11) is -0.591. The normalized spacial score (nSPS) is 21.8. The van der Waals surface area contributed by atoms with E-state index in [0.29, 0.717) is 0 Å². The molecule has 0 aliphatic carbocycles. The lowest BCUT2D eigenvalue weighted by molar-refractivity contribution is 1.37. The number of hydrogen-bond acceptors (Lipinski definition) is 1. The van der Waals surface area contributed by atoms with Crippen molar-refractivity contribution in [3.63, 3.8) is 0 Å². The highest BCUT2D eigenvalue weighted by molar-refractivity contribution is 8.35. The molecule has 1 aliphatic heterocycles. The lowest BCUT2D eigenvalue weighted by Gasteiger charge is -2.44. The van der Waals surface area contributed by atoms with Gasteiger partial charge in [-0.05, 0) is 24.6 Å². The summed E-state index contributed by atoms with van der Waals surface area (Å²) in [6.07, 6.45) is 4.55. The fourth-order valence-corrected chi connectivity index (χ4v) is 3.05.